The largest absolute Gasteiger partial charge is 0.497 e. The summed E-state index contributed by atoms with van der Waals surface area (Å²) in [6.07, 6.45) is 1.84. The summed E-state index contributed by atoms with van der Waals surface area (Å²) in [4.78, 5) is 18.3. The van der Waals surface area contributed by atoms with Gasteiger partial charge < -0.3 is 9.47 Å². The second kappa shape index (κ2) is 6.14. The number of thiazole rings is 1. The lowest BCUT2D eigenvalue weighted by atomic mass is 10.1. The molecule has 0 aliphatic rings. The lowest BCUT2D eigenvalue weighted by Crippen LogP contribution is -2.22. The summed E-state index contributed by atoms with van der Waals surface area (Å²) in [6.45, 7) is 4.09. The van der Waals surface area contributed by atoms with Gasteiger partial charge in [-0.25, -0.2) is 9.38 Å². The van der Waals surface area contributed by atoms with Crippen molar-refractivity contribution in [2.24, 2.45) is 0 Å². The van der Waals surface area contributed by atoms with E-state index < -0.39 is 0 Å². The lowest BCUT2D eigenvalue weighted by Gasteiger charge is -2.06. The van der Waals surface area contributed by atoms with E-state index in [2.05, 4.69) is 11.9 Å². The van der Waals surface area contributed by atoms with E-state index in [0.29, 0.717) is 21.0 Å². The highest BCUT2D eigenvalue weighted by Gasteiger charge is 2.13. The van der Waals surface area contributed by atoms with Crippen molar-refractivity contribution in [3.05, 3.63) is 61.9 Å². The molecule has 132 valence electrons. The fraction of sp³-hybridized carbons (Fsp3) is 0.200. The van der Waals surface area contributed by atoms with E-state index in [1.165, 1.54) is 16.9 Å². The Morgan fingerprint density at radius 2 is 1.85 bits per heavy atom. The number of hydrogen-bond acceptors (Lipinski definition) is 5. The highest BCUT2D eigenvalue weighted by Crippen LogP contribution is 2.25. The molecule has 6 heteroatoms. The molecule has 0 N–H and O–H groups in total. The minimum Gasteiger partial charge on any atom is -0.497 e. The first-order valence-electron chi connectivity index (χ1n) is 8.18. The van der Waals surface area contributed by atoms with Crippen molar-refractivity contribution in [2.75, 3.05) is 14.2 Å². The standard InChI is InChI=1S/C20H18N2O3S/c1-11-7-15-16(8-12(11)2)22-19(23)18(26-20(22)21-15)9-13-5-6-14(24-3)10-17(13)25-4/h5-10H,1-4H3/b18-9-. The molecule has 2 heterocycles. The van der Waals surface area contributed by atoms with E-state index >= 15 is 0 Å². The predicted octanol–water partition coefficient (Wildman–Crippen LogP) is 3.09. The van der Waals surface area contributed by atoms with Crippen molar-refractivity contribution in [2.45, 2.75) is 13.8 Å². The molecule has 26 heavy (non-hydrogen) atoms. The number of aryl methyl sites for hydroxylation is 2. The fourth-order valence-electron chi connectivity index (χ4n) is 3.00. The fourth-order valence-corrected chi connectivity index (χ4v) is 3.98. The van der Waals surface area contributed by atoms with Crippen molar-refractivity contribution < 1.29 is 9.47 Å². The van der Waals surface area contributed by atoms with Crippen LogP contribution in [0.5, 0.6) is 11.5 Å². The number of rotatable bonds is 3. The SMILES string of the molecule is COc1ccc(/C=c2\sc3nc4cc(C)c(C)cc4n3c2=O)c(OC)c1. The Bertz CT molecular complexity index is 1250. The second-order valence-corrected chi connectivity index (χ2v) is 7.19. The summed E-state index contributed by atoms with van der Waals surface area (Å²) in [6, 6.07) is 9.58. The summed E-state index contributed by atoms with van der Waals surface area (Å²) in [5.41, 5.74) is 4.79. The smallest absolute Gasteiger partial charge is 0.274 e. The van der Waals surface area contributed by atoms with Crippen LogP contribution in [0.3, 0.4) is 0 Å². The lowest BCUT2D eigenvalue weighted by molar-refractivity contribution is 0.393. The number of aromatic nitrogens is 2. The molecule has 2 aromatic heterocycles. The molecule has 0 bridgehead atoms. The van der Waals surface area contributed by atoms with Gasteiger partial charge in [-0.3, -0.25) is 4.79 Å². The molecule has 0 saturated heterocycles. The van der Waals surface area contributed by atoms with Crippen LogP contribution in [-0.2, 0) is 0 Å². The molecule has 0 unspecified atom stereocenters. The van der Waals surface area contributed by atoms with Crippen LogP contribution < -0.4 is 19.6 Å². The van der Waals surface area contributed by atoms with Crippen LogP contribution in [0.25, 0.3) is 22.1 Å². The van der Waals surface area contributed by atoms with Crippen LogP contribution in [0.1, 0.15) is 16.7 Å². The molecule has 4 aromatic rings. The Morgan fingerprint density at radius 1 is 1.08 bits per heavy atom. The van der Waals surface area contributed by atoms with Crippen LogP contribution in [0.15, 0.2) is 35.1 Å². The molecule has 5 nitrogen and oxygen atoms in total. The third-order valence-corrected chi connectivity index (χ3v) is 5.55. The Hall–Kier alpha value is -2.86. The van der Waals surface area contributed by atoms with Crippen LogP contribution in [0.4, 0.5) is 0 Å². The monoisotopic (exact) mass is 366 g/mol. The normalized spacial score (nSPS) is 12.2. The Balaban J connectivity index is 1.96. The molecule has 0 aliphatic heterocycles. The van der Waals surface area contributed by atoms with Gasteiger partial charge in [-0.2, -0.15) is 0 Å². The van der Waals surface area contributed by atoms with Gasteiger partial charge in [0.15, 0.2) is 4.96 Å². The Kier molecular flexibility index (Phi) is 3.92. The quantitative estimate of drug-likeness (QED) is 0.559. The van der Waals surface area contributed by atoms with Gasteiger partial charge in [0.1, 0.15) is 11.5 Å². The molecule has 4 rings (SSSR count). The van der Waals surface area contributed by atoms with Crippen LogP contribution >= 0.6 is 11.3 Å². The zero-order valence-corrected chi connectivity index (χ0v) is 15.8. The van der Waals surface area contributed by atoms with Crippen LogP contribution in [0, 0.1) is 13.8 Å². The molecule has 0 amide bonds. The Labute approximate surface area is 154 Å². The summed E-state index contributed by atoms with van der Waals surface area (Å²) < 4.78 is 13.0. The van der Waals surface area contributed by atoms with Gasteiger partial charge in [0.25, 0.3) is 5.56 Å². The van der Waals surface area contributed by atoms with Gasteiger partial charge in [-0.1, -0.05) is 11.3 Å². The van der Waals surface area contributed by atoms with Crippen LogP contribution in [0.2, 0.25) is 0 Å². The molecule has 0 fully saturated rings. The van der Waals surface area contributed by atoms with Crippen molar-refractivity contribution in [3.8, 4) is 11.5 Å². The number of benzene rings is 2. The molecule has 0 radical (unpaired) electrons. The summed E-state index contributed by atoms with van der Waals surface area (Å²) in [5, 5.41) is 0. The average Bonchev–Trinajstić information content (AvgIpc) is 3.12. The minimum atomic E-state index is -0.0615. The number of imidazole rings is 1. The summed E-state index contributed by atoms with van der Waals surface area (Å²) in [5.74, 6) is 1.37. The van der Waals surface area contributed by atoms with Gasteiger partial charge >= 0.3 is 0 Å². The van der Waals surface area contributed by atoms with E-state index in [1.807, 2.05) is 37.3 Å². The van der Waals surface area contributed by atoms with E-state index in [9.17, 15) is 4.79 Å². The van der Waals surface area contributed by atoms with Crippen molar-refractivity contribution >= 4 is 33.4 Å². The van der Waals surface area contributed by atoms with E-state index in [1.54, 1.807) is 24.7 Å². The summed E-state index contributed by atoms with van der Waals surface area (Å²) in [7, 11) is 3.21. The van der Waals surface area contributed by atoms with Gasteiger partial charge in [0.05, 0.1) is 29.8 Å². The zero-order valence-electron chi connectivity index (χ0n) is 15.0. The highest BCUT2D eigenvalue weighted by molar-refractivity contribution is 7.15. The van der Waals surface area contributed by atoms with Gasteiger partial charge in [-0.05, 0) is 55.3 Å². The molecule has 0 saturated carbocycles. The van der Waals surface area contributed by atoms with Gasteiger partial charge in [0.2, 0.25) is 0 Å². The Morgan fingerprint density at radius 3 is 2.58 bits per heavy atom. The van der Waals surface area contributed by atoms with Crippen molar-refractivity contribution in [1.82, 2.24) is 9.38 Å². The minimum absolute atomic E-state index is 0.0615. The third-order valence-electron chi connectivity index (χ3n) is 4.58. The molecular formula is C20H18N2O3S. The molecule has 2 aromatic carbocycles. The average molecular weight is 366 g/mol. The first-order valence-corrected chi connectivity index (χ1v) is 8.99. The summed E-state index contributed by atoms with van der Waals surface area (Å²) >= 11 is 1.38. The zero-order chi connectivity index (χ0) is 18.4. The van der Waals surface area contributed by atoms with Gasteiger partial charge in [0, 0.05) is 11.6 Å². The number of ether oxygens (including phenoxy) is 2. The van der Waals surface area contributed by atoms with Crippen LogP contribution in [-0.4, -0.2) is 23.6 Å². The maximum atomic E-state index is 13.0. The number of hydrogen-bond donors (Lipinski definition) is 0. The predicted molar refractivity (Wildman–Crippen MR) is 105 cm³/mol. The van der Waals surface area contributed by atoms with Crippen molar-refractivity contribution in [1.29, 1.82) is 0 Å². The molecular weight excluding hydrogens is 348 g/mol. The molecule has 0 atom stereocenters. The van der Waals surface area contributed by atoms with E-state index in [4.69, 9.17) is 9.47 Å². The number of methoxy groups -OCH3 is 2. The molecule has 0 aliphatic carbocycles. The topological polar surface area (TPSA) is 52.8 Å². The third kappa shape index (κ3) is 2.54. The maximum Gasteiger partial charge on any atom is 0.274 e. The van der Waals surface area contributed by atoms with E-state index in [0.717, 1.165) is 22.2 Å². The van der Waals surface area contributed by atoms with Crippen molar-refractivity contribution in [3.63, 3.8) is 0 Å². The number of fused-ring (bicyclic) bond motifs is 3. The highest BCUT2D eigenvalue weighted by atomic mass is 32.1. The van der Waals surface area contributed by atoms with Gasteiger partial charge in [-0.15, -0.1) is 0 Å². The molecule has 0 spiro atoms. The number of nitrogens with zero attached hydrogens (tertiary/aromatic N) is 2. The maximum absolute atomic E-state index is 13.0. The first kappa shape index (κ1) is 16.6. The van der Waals surface area contributed by atoms with E-state index in [-0.39, 0.29) is 5.56 Å². The second-order valence-electron chi connectivity index (χ2n) is 6.18. The first-order chi connectivity index (χ1) is 12.5.